The Hall–Kier alpha value is -1.69. The summed E-state index contributed by atoms with van der Waals surface area (Å²) < 4.78 is 22.5. The van der Waals surface area contributed by atoms with Crippen LogP contribution in [0.15, 0.2) is 29.2 Å². The number of nitrogens with zero attached hydrogens (tertiary/aromatic N) is 1. The second-order valence-corrected chi connectivity index (χ2v) is 6.33. The van der Waals surface area contributed by atoms with Crippen LogP contribution in [-0.2, 0) is 26.0 Å². The number of sulfone groups is 1. The zero-order valence-corrected chi connectivity index (χ0v) is 10.7. The lowest BCUT2D eigenvalue weighted by Gasteiger charge is -2.14. The second kappa shape index (κ2) is 4.53. The fourth-order valence-corrected chi connectivity index (χ4v) is 2.47. The highest BCUT2D eigenvalue weighted by Gasteiger charge is 2.28. The molecule has 2 rings (SSSR count). The van der Waals surface area contributed by atoms with Crippen LogP contribution in [0.5, 0.6) is 0 Å². The first kappa shape index (κ1) is 12.8. The predicted molar refractivity (Wildman–Crippen MR) is 64.6 cm³/mol. The van der Waals surface area contributed by atoms with Gasteiger partial charge in [0.05, 0.1) is 4.90 Å². The van der Waals surface area contributed by atoms with Gasteiger partial charge in [-0.05, 0) is 17.7 Å². The van der Waals surface area contributed by atoms with Crippen molar-refractivity contribution in [2.45, 2.75) is 17.9 Å². The molecule has 0 unspecified atom stereocenters. The third kappa shape index (κ3) is 2.59. The number of amides is 1. The van der Waals surface area contributed by atoms with Crippen molar-refractivity contribution in [3.63, 3.8) is 0 Å². The molecule has 0 aliphatic carbocycles. The van der Waals surface area contributed by atoms with Crippen LogP contribution in [0.1, 0.15) is 12.0 Å². The molecule has 0 bridgehead atoms. The van der Waals surface area contributed by atoms with Gasteiger partial charge in [0, 0.05) is 25.8 Å². The van der Waals surface area contributed by atoms with Gasteiger partial charge in [-0.2, -0.15) is 0 Å². The number of Topliss-reactive ketones (excluding diaryl/α,β-unsaturated/α-hetero) is 1. The summed E-state index contributed by atoms with van der Waals surface area (Å²) in [7, 11) is -3.20. The largest absolute Gasteiger partial charge is 0.331 e. The quantitative estimate of drug-likeness (QED) is 0.743. The van der Waals surface area contributed by atoms with Crippen molar-refractivity contribution >= 4 is 21.5 Å². The van der Waals surface area contributed by atoms with Gasteiger partial charge < -0.3 is 4.90 Å². The van der Waals surface area contributed by atoms with E-state index in [0.717, 1.165) is 11.8 Å². The Morgan fingerprint density at radius 1 is 1.17 bits per heavy atom. The van der Waals surface area contributed by atoms with Crippen molar-refractivity contribution in [3.05, 3.63) is 29.8 Å². The van der Waals surface area contributed by atoms with E-state index < -0.39 is 15.7 Å². The number of rotatable bonds is 3. The molecule has 0 atom stereocenters. The van der Waals surface area contributed by atoms with Gasteiger partial charge in [-0.3, -0.25) is 9.59 Å². The van der Waals surface area contributed by atoms with Crippen LogP contribution >= 0.6 is 0 Å². The van der Waals surface area contributed by atoms with Crippen LogP contribution in [-0.4, -0.2) is 37.8 Å². The SMILES string of the molecule is CS(=O)(=O)c1ccc(CN2CCC(=O)C2=O)cc1. The van der Waals surface area contributed by atoms with E-state index in [1.807, 2.05) is 0 Å². The van der Waals surface area contributed by atoms with Gasteiger partial charge in [0.2, 0.25) is 5.78 Å². The van der Waals surface area contributed by atoms with Crippen molar-refractivity contribution in [3.8, 4) is 0 Å². The van der Waals surface area contributed by atoms with Gasteiger partial charge in [0.1, 0.15) is 0 Å². The van der Waals surface area contributed by atoms with Crippen molar-refractivity contribution in [1.82, 2.24) is 4.90 Å². The topological polar surface area (TPSA) is 71.5 Å². The highest BCUT2D eigenvalue weighted by atomic mass is 32.2. The number of ketones is 1. The molecule has 0 radical (unpaired) electrons. The summed E-state index contributed by atoms with van der Waals surface area (Å²) >= 11 is 0. The van der Waals surface area contributed by atoms with Crippen molar-refractivity contribution in [1.29, 1.82) is 0 Å². The van der Waals surface area contributed by atoms with Crippen LogP contribution < -0.4 is 0 Å². The van der Waals surface area contributed by atoms with Gasteiger partial charge in [0.25, 0.3) is 5.91 Å². The number of hydrogen-bond donors (Lipinski definition) is 0. The average molecular weight is 267 g/mol. The molecule has 1 aliphatic rings. The second-order valence-electron chi connectivity index (χ2n) is 4.32. The van der Waals surface area contributed by atoms with E-state index >= 15 is 0 Å². The lowest BCUT2D eigenvalue weighted by atomic mass is 10.2. The van der Waals surface area contributed by atoms with E-state index in [1.54, 1.807) is 12.1 Å². The fraction of sp³-hybridized carbons (Fsp3) is 0.333. The highest BCUT2D eigenvalue weighted by Crippen LogP contribution is 2.15. The number of carbonyl (C=O) groups excluding carboxylic acids is 2. The summed E-state index contributed by atoms with van der Waals surface area (Å²) in [6.07, 6.45) is 1.41. The Morgan fingerprint density at radius 3 is 2.22 bits per heavy atom. The Morgan fingerprint density at radius 2 is 1.78 bits per heavy atom. The van der Waals surface area contributed by atoms with Crippen molar-refractivity contribution in [2.24, 2.45) is 0 Å². The molecule has 1 fully saturated rings. The summed E-state index contributed by atoms with van der Waals surface area (Å²) in [6.45, 7) is 0.778. The first-order valence-electron chi connectivity index (χ1n) is 5.49. The van der Waals surface area contributed by atoms with Crippen LogP contribution in [0.2, 0.25) is 0 Å². The predicted octanol–water partition coefficient (Wildman–Crippen LogP) is 0.391. The van der Waals surface area contributed by atoms with Gasteiger partial charge in [0.15, 0.2) is 9.84 Å². The Balaban J connectivity index is 2.12. The monoisotopic (exact) mass is 267 g/mol. The molecule has 6 heteroatoms. The van der Waals surface area contributed by atoms with Crippen LogP contribution in [0, 0.1) is 0 Å². The first-order valence-corrected chi connectivity index (χ1v) is 7.38. The van der Waals surface area contributed by atoms with E-state index in [0.29, 0.717) is 13.1 Å². The third-order valence-corrected chi connectivity index (χ3v) is 3.99. The molecule has 0 aromatic heterocycles. The lowest BCUT2D eigenvalue weighted by Crippen LogP contribution is -2.26. The van der Waals surface area contributed by atoms with E-state index in [-0.39, 0.29) is 17.1 Å². The molecule has 1 heterocycles. The van der Waals surface area contributed by atoms with E-state index in [2.05, 4.69) is 0 Å². The molecular formula is C12H13NO4S. The van der Waals surface area contributed by atoms with Crippen LogP contribution in [0.25, 0.3) is 0 Å². The van der Waals surface area contributed by atoms with Gasteiger partial charge in [-0.25, -0.2) is 8.42 Å². The third-order valence-electron chi connectivity index (χ3n) is 2.86. The highest BCUT2D eigenvalue weighted by molar-refractivity contribution is 7.90. The number of carbonyl (C=O) groups is 2. The first-order chi connectivity index (χ1) is 8.38. The minimum atomic E-state index is -3.20. The molecular weight excluding hydrogens is 254 g/mol. The normalized spacial score (nSPS) is 16.4. The minimum Gasteiger partial charge on any atom is -0.331 e. The van der Waals surface area contributed by atoms with Crippen LogP contribution in [0.3, 0.4) is 0 Å². The molecule has 18 heavy (non-hydrogen) atoms. The van der Waals surface area contributed by atoms with E-state index in [1.165, 1.54) is 17.0 Å². The maximum atomic E-state index is 11.4. The average Bonchev–Trinajstić information content (AvgIpc) is 2.61. The number of hydrogen-bond acceptors (Lipinski definition) is 4. The van der Waals surface area contributed by atoms with Gasteiger partial charge >= 0.3 is 0 Å². The standard InChI is InChI=1S/C12H13NO4S/c1-18(16,17)10-4-2-9(3-5-10)8-13-7-6-11(14)12(13)15/h2-5H,6-8H2,1H3. The minimum absolute atomic E-state index is 0.245. The summed E-state index contributed by atoms with van der Waals surface area (Å²) in [4.78, 5) is 24.2. The Labute approximate surface area is 105 Å². The summed E-state index contributed by atoms with van der Waals surface area (Å²) in [5, 5.41) is 0. The summed E-state index contributed by atoms with van der Waals surface area (Å²) in [6, 6.07) is 6.33. The molecule has 1 aromatic rings. The molecule has 0 saturated carbocycles. The smallest absolute Gasteiger partial charge is 0.290 e. The molecule has 5 nitrogen and oxygen atoms in total. The summed E-state index contributed by atoms with van der Waals surface area (Å²) in [5.41, 5.74) is 0.811. The fourth-order valence-electron chi connectivity index (χ4n) is 1.83. The molecule has 1 aromatic carbocycles. The van der Waals surface area contributed by atoms with Crippen molar-refractivity contribution < 1.29 is 18.0 Å². The maximum Gasteiger partial charge on any atom is 0.290 e. The lowest BCUT2D eigenvalue weighted by molar-refractivity contribution is -0.140. The molecule has 96 valence electrons. The molecule has 1 amide bonds. The Kier molecular flexibility index (Phi) is 3.21. The maximum absolute atomic E-state index is 11.4. The summed E-state index contributed by atoms with van der Waals surface area (Å²) in [5.74, 6) is -0.815. The Bertz CT molecular complexity index is 589. The van der Waals surface area contributed by atoms with Crippen LogP contribution in [0.4, 0.5) is 0 Å². The zero-order valence-electron chi connectivity index (χ0n) is 9.92. The van der Waals surface area contributed by atoms with Crippen molar-refractivity contribution in [2.75, 3.05) is 12.8 Å². The molecule has 1 saturated heterocycles. The molecule has 1 aliphatic heterocycles. The van der Waals surface area contributed by atoms with E-state index in [4.69, 9.17) is 0 Å². The zero-order chi connectivity index (χ0) is 13.3. The van der Waals surface area contributed by atoms with E-state index in [9.17, 15) is 18.0 Å². The van der Waals surface area contributed by atoms with Gasteiger partial charge in [-0.1, -0.05) is 12.1 Å². The molecule has 0 N–H and O–H groups in total. The number of benzene rings is 1. The molecule has 0 spiro atoms. The number of likely N-dealkylation sites (tertiary alicyclic amines) is 1. The van der Waals surface area contributed by atoms with Gasteiger partial charge in [-0.15, -0.1) is 0 Å².